The molecule has 33 heavy (non-hydrogen) atoms. The molecule has 1 fully saturated rings. The first-order valence-corrected chi connectivity index (χ1v) is 11.1. The van der Waals surface area contributed by atoms with Crippen molar-refractivity contribution in [1.82, 2.24) is 14.8 Å². The lowest BCUT2D eigenvalue weighted by Gasteiger charge is -2.28. The van der Waals surface area contributed by atoms with Crippen LogP contribution in [0.25, 0.3) is 5.76 Å². The van der Waals surface area contributed by atoms with Crippen LogP contribution in [-0.4, -0.2) is 70.8 Å². The Bertz CT molecular complexity index is 1080. The maximum Gasteiger partial charge on any atom is 0.354 e. The van der Waals surface area contributed by atoms with Crippen LogP contribution in [0.3, 0.4) is 0 Å². The fourth-order valence-electron chi connectivity index (χ4n) is 4.43. The van der Waals surface area contributed by atoms with Crippen molar-refractivity contribution in [2.75, 3.05) is 33.3 Å². The summed E-state index contributed by atoms with van der Waals surface area (Å²) in [6, 6.07) is 8.48. The van der Waals surface area contributed by atoms with Crippen molar-refractivity contribution in [2.24, 2.45) is 0 Å². The molecule has 0 saturated carbocycles. The predicted octanol–water partition coefficient (Wildman–Crippen LogP) is 3.18. The Morgan fingerprint density at radius 3 is 2.36 bits per heavy atom. The number of aliphatic hydroxyl groups excluding tert-OH is 1. The highest BCUT2D eigenvalue weighted by Crippen LogP contribution is 2.40. The lowest BCUT2D eigenvalue weighted by Crippen LogP contribution is -2.38. The molecule has 1 unspecified atom stereocenters. The maximum atomic E-state index is 13.2. The first kappa shape index (κ1) is 24.3. The Morgan fingerprint density at radius 2 is 1.79 bits per heavy atom. The number of Topliss-reactive ketones (excluding diaryl/α,β-unsaturated/α-hetero) is 1. The van der Waals surface area contributed by atoms with Crippen LogP contribution in [0, 0.1) is 13.8 Å². The molecule has 2 N–H and O–H groups in total. The van der Waals surface area contributed by atoms with Crippen LogP contribution in [0.5, 0.6) is 0 Å². The molecule has 8 heteroatoms. The quantitative estimate of drug-likeness (QED) is 0.275. The van der Waals surface area contributed by atoms with Gasteiger partial charge in [-0.2, -0.15) is 0 Å². The third kappa shape index (κ3) is 4.43. The number of methoxy groups -OCH3 is 1. The summed E-state index contributed by atoms with van der Waals surface area (Å²) >= 11 is 0. The van der Waals surface area contributed by atoms with Crippen LogP contribution >= 0.6 is 0 Å². The molecule has 0 bridgehead atoms. The number of carbonyl (C=O) groups excluding carboxylic acids is 3. The number of aryl methyl sites for hydroxylation is 1. The van der Waals surface area contributed by atoms with Crippen molar-refractivity contribution >= 4 is 23.4 Å². The largest absolute Gasteiger partial charge is 0.507 e. The molecular formula is C25H31N3O5. The van der Waals surface area contributed by atoms with E-state index in [0.717, 1.165) is 18.7 Å². The van der Waals surface area contributed by atoms with Gasteiger partial charge in [0.25, 0.3) is 11.7 Å². The minimum atomic E-state index is -0.736. The van der Waals surface area contributed by atoms with Gasteiger partial charge in [-0.25, -0.2) is 4.79 Å². The normalized spacial score (nSPS) is 17.8. The molecule has 1 atom stereocenters. The van der Waals surface area contributed by atoms with Gasteiger partial charge in [-0.1, -0.05) is 44.2 Å². The number of aromatic amines is 1. The number of aromatic nitrogens is 1. The number of H-pyrrole nitrogens is 1. The average Bonchev–Trinajstić information content (AvgIpc) is 3.26. The van der Waals surface area contributed by atoms with Crippen molar-refractivity contribution in [1.29, 1.82) is 0 Å². The Morgan fingerprint density at radius 1 is 1.15 bits per heavy atom. The van der Waals surface area contributed by atoms with E-state index in [0.29, 0.717) is 29.9 Å². The molecule has 8 nitrogen and oxygen atoms in total. The topological polar surface area (TPSA) is 103 Å². The fraction of sp³-hybridized carbons (Fsp3) is 0.400. The highest BCUT2D eigenvalue weighted by molar-refractivity contribution is 6.46. The van der Waals surface area contributed by atoms with Gasteiger partial charge in [0, 0.05) is 24.3 Å². The van der Waals surface area contributed by atoms with Gasteiger partial charge in [-0.3, -0.25) is 9.59 Å². The molecule has 1 amide bonds. The number of ketones is 1. The molecule has 0 radical (unpaired) electrons. The van der Waals surface area contributed by atoms with E-state index in [1.807, 2.05) is 44.2 Å². The van der Waals surface area contributed by atoms with Gasteiger partial charge >= 0.3 is 5.97 Å². The molecule has 0 aliphatic carbocycles. The molecule has 1 aliphatic heterocycles. The number of rotatable bonds is 8. The Kier molecular flexibility index (Phi) is 7.38. The van der Waals surface area contributed by atoms with Gasteiger partial charge in [-0.05, 0) is 38.1 Å². The second-order valence-corrected chi connectivity index (χ2v) is 8.05. The van der Waals surface area contributed by atoms with Gasteiger partial charge < -0.3 is 24.6 Å². The van der Waals surface area contributed by atoms with Crippen LogP contribution < -0.4 is 0 Å². The summed E-state index contributed by atoms with van der Waals surface area (Å²) in [7, 11) is 1.27. The summed E-state index contributed by atoms with van der Waals surface area (Å²) in [5.74, 6) is -2.25. The number of likely N-dealkylation sites (N-methyl/N-ethyl adjacent to an activating group) is 1. The lowest BCUT2D eigenvalue weighted by molar-refractivity contribution is -0.140. The molecule has 2 heterocycles. The van der Waals surface area contributed by atoms with E-state index < -0.39 is 23.7 Å². The number of likely N-dealkylation sites (tertiary alicyclic amines) is 1. The summed E-state index contributed by atoms with van der Waals surface area (Å²) in [5, 5.41) is 11.4. The zero-order valence-electron chi connectivity index (χ0n) is 19.8. The predicted molar refractivity (Wildman–Crippen MR) is 125 cm³/mol. The Hall–Kier alpha value is -3.39. The summed E-state index contributed by atoms with van der Waals surface area (Å²) in [4.78, 5) is 45.0. The Labute approximate surface area is 193 Å². The minimum absolute atomic E-state index is 0.0207. The van der Waals surface area contributed by atoms with Crippen LogP contribution in [-0.2, 0) is 14.3 Å². The third-order valence-electron chi connectivity index (χ3n) is 6.27. The van der Waals surface area contributed by atoms with Crippen LogP contribution in [0.1, 0.15) is 52.8 Å². The first-order valence-electron chi connectivity index (χ1n) is 11.1. The zero-order valence-corrected chi connectivity index (χ0v) is 19.8. The standard InChI is InChI=1S/C25H31N3O5/c1-6-27(7-2)13-14-28-21(17-11-9-8-10-12-17)19(23(30)24(28)31)22(29)18-15(3)20(25(32)33-5)26-16(18)4/h8-12,21,26,29H,6-7,13-14H2,1-5H3/b22-19-. The van der Waals surface area contributed by atoms with E-state index in [4.69, 9.17) is 4.74 Å². The molecule has 0 spiro atoms. The summed E-state index contributed by atoms with van der Waals surface area (Å²) < 4.78 is 4.81. The number of aliphatic hydroxyl groups is 1. The number of nitrogens with zero attached hydrogens (tertiary/aromatic N) is 2. The molecule has 2 aromatic rings. The van der Waals surface area contributed by atoms with Gasteiger partial charge in [0.05, 0.1) is 18.7 Å². The molecule has 1 aromatic heterocycles. The van der Waals surface area contributed by atoms with E-state index in [1.54, 1.807) is 13.8 Å². The lowest BCUT2D eigenvalue weighted by atomic mass is 9.94. The Balaban J connectivity index is 2.16. The highest BCUT2D eigenvalue weighted by Gasteiger charge is 2.46. The molecule has 176 valence electrons. The highest BCUT2D eigenvalue weighted by atomic mass is 16.5. The van der Waals surface area contributed by atoms with E-state index >= 15 is 0 Å². The van der Waals surface area contributed by atoms with Crippen molar-refractivity contribution in [2.45, 2.75) is 33.7 Å². The fourth-order valence-corrected chi connectivity index (χ4v) is 4.43. The van der Waals surface area contributed by atoms with Crippen molar-refractivity contribution < 1.29 is 24.2 Å². The van der Waals surface area contributed by atoms with E-state index in [1.165, 1.54) is 12.0 Å². The number of hydrogen-bond acceptors (Lipinski definition) is 6. The van der Waals surface area contributed by atoms with Gasteiger partial charge in [0.15, 0.2) is 0 Å². The van der Waals surface area contributed by atoms with Gasteiger partial charge in [0.2, 0.25) is 0 Å². The van der Waals surface area contributed by atoms with Crippen LogP contribution in [0.15, 0.2) is 35.9 Å². The van der Waals surface area contributed by atoms with Gasteiger partial charge in [-0.15, -0.1) is 0 Å². The smallest absolute Gasteiger partial charge is 0.354 e. The average molecular weight is 454 g/mol. The summed E-state index contributed by atoms with van der Waals surface area (Å²) in [5.41, 5.74) is 2.25. The second kappa shape index (κ2) is 10.0. The SMILES string of the molecule is CCN(CC)CCN1C(=O)C(=O)/C(=C(\O)c2c(C)[nH]c(C(=O)OC)c2C)C1c1ccccc1. The van der Waals surface area contributed by atoms with E-state index in [9.17, 15) is 19.5 Å². The number of carbonyl (C=O) groups is 3. The minimum Gasteiger partial charge on any atom is -0.507 e. The van der Waals surface area contributed by atoms with Crippen molar-refractivity contribution in [3.05, 3.63) is 64.0 Å². The van der Waals surface area contributed by atoms with Crippen molar-refractivity contribution in [3.8, 4) is 0 Å². The number of benzene rings is 1. The number of hydrogen-bond donors (Lipinski definition) is 2. The number of nitrogens with one attached hydrogen (secondary N) is 1. The second-order valence-electron chi connectivity index (χ2n) is 8.05. The monoisotopic (exact) mass is 453 g/mol. The van der Waals surface area contributed by atoms with Crippen molar-refractivity contribution in [3.63, 3.8) is 0 Å². The molecular weight excluding hydrogens is 422 g/mol. The molecule has 1 aliphatic rings. The first-order chi connectivity index (χ1) is 15.8. The molecule has 1 aromatic carbocycles. The van der Waals surface area contributed by atoms with Crippen LogP contribution in [0.2, 0.25) is 0 Å². The van der Waals surface area contributed by atoms with Gasteiger partial charge in [0.1, 0.15) is 11.5 Å². The molecule has 1 saturated heterocycles. The van der Waals surface area contributed by atoms with E-state index in [2.05, 4.69) is 9.88 Å². The maximum absolute atomic E-state index is 13.2. The third-order valence-corrected chi connectivity index (χ3v) is 6.27. The zero-order chi connectivity index (χ0) is 24.3. The number of amides is 1. The van der Waals surface area contributed by atoms with E-state index in [-0.39, 0.29) is 17.0 Å². The number of ether oxygens (including phenoxy) is 1. The van der Waals surface area contributed by atoms with Crippen LogP contribution in [0.4, 0.5) is 0 Å². The number of esters is 1. The molecule has 3 rings (SSSR count). The summed E-state index contributed by atoms with van der Waals surface area (Å²) in [6.45, 7) is 10.1. The summed E-state index contributed by atoms with van der Waals surface area (Å²) in [6.07, 6.45) is 0.